The molecular weight excluding hydrogens is 318 g/mol. The highest BCUT2D eigenvalue weighted by molar-refractivity contribution is 6.09. The van der Waals surface area contributed by atoms with E-state index in [0.717, 1.165) is 6.42 Å². The zero-order valence-electron chi connectivity index (χ0n) is 14.2. The van der Waals surface area contributed by atoms with Crippen molar-refractivity contribution in [1.29, 1.82) is 0 Å². The molecule has 1 aliphatic rings. The molecule has 1 aromatic heterocycles. The van der Waals surface area contributed by atoms with Crippen LogP contribution >= 0.6 is 0 Å². The molecule has 0 spiro atoms. The lowest BCUT2D eigenvalue weighted by Crippen LogP contribution is -2.32. The van der Waals surface area contributed by atoms with Gasteiger partial charge in [-0.25, -0.2) is 4.98 Å². The summed E-state index contributed by atoms with van der Waals surface area (Å²) in [7, 11) is 0. The van der Waals surface area contributed by atoms with Crippen LogP contribution in [0.4, 0.5) is 5.69 Å². The molecule has 0 saturated carbocycles. The van der Waals surface area contributed by atoms with E-state index in [2.05, 4.69) is 10.3 Å². The van der Waals surface area contributed by atoms with E-state index < -0.39 is 0 Å². The Morgan fingerprint density at radius 3 is 2.92 bits per heavy atom. The molecule has 0 fully saturated rings. The van der Waals surface area contributed by atoms with Crippen molar-refractivity contribution in [2.45, 2.75) is 26.2 Å². The van der Waals surface area contributed by atoms with Crippen LogP contribution in [0, 0.1) is 0 Å². The highest BCUT2D eigenvalue weighted by atomic mass is 16.5. The number of fused-ring (bicyclic) bond motifs is 2. The van der Waals surface area contributed by atoms with Gasteiger partial charge in [-0.1, -0.05) is 19.1 Å². The largest absolute Gasteiger partial charge is 0.436 e. The van der Waals surface area contributed by atoms with Crippen molar-refractivity contribution in [3.8, 4) is 11.6 Å². The Morgan fingerprint density at radius 2 is 2.08 bits per heavy atom. The normalized spacial score (nSPS) is 12.7. The van der Waals surface area contributed by atoms with E-state index in [0.29, 0.717) is 48.8 Å². The molecule has 1 aromatic carbocycles. The second-order valence-electron chi connectivity index (χ2n) is 5.84. The molecule has 1 aliphatic heterocycles. The molecule has 2 heterocycles. The Labute approximate surface area is 146 Å². The molecule has 3 rings (SSSR count). The van der Waals surface area contributed by atoms with Gasteiger partial charge in [0.25, 0.3) is 5.91 Å². The second kappa shape index (κ2) is 7.79. The fourth-order valence-corrected chi connectivity index (χ4v) is 2.73. The third-order valence-corrected chi connectivity index (χ3v) is 3.97. The number of anilines is 1. The zero-order valence-corrected chi connectivity index (χ0v) is 14.2. The molecular formula is C19H21N3O3. The van der Waals surface area contributed by atoms with Gasteiger partial charge < -0.3 is 15.0 Å². The molecule has 0 saturated heterocycles. The fraction of sp³-hybridized carbons (Fsp3) is 0.316. The first kappa shape index (κ1) is 17.0. The van der Waals surface area contributed by atoms with Gasteiger partial charge in [-0.05, 0) is 37.1 Å². The molecule has 2 aromatic rings. The summed E-state index contributed by atoms with van der Waals surface area (Å²) < 4.78 is 5.83. The molecule has 0 bridgehead atoms. The Morgan fingerprint density at radius 1 is 1.24 bits per heavy atom. The van der Waals surface area contributed by atoms with Crippen molar-refractivity contribution >= 4 is 17.5 Å². The molecule has 6 heteroatoms. The van der Waals surface area contributed by atoms with Crippen LogP contribution in [0.2, 0.25) is 0 Å². The van der Waals surface area contributed by atoms with Gasteiger partial charge in [0.2, 0.25) is 11.8 Å². The average molecular weight is 339 g/mol. The van der Waals surface area contributed by atoms with Gasteiger partial charge in [0.1, 0.15) is 5.56 Å². The van der Waals surface area contributed by atoms with Crippen molar-refractivity contribution in [3.05, 3.63) is 48.2 Å². The fourth-order valence-electron chi connectivity index (χ4n) is 2.73. The molecule has 0 atom stereocenters. The van der Waals surface area contributed by atoms with Crippen molar-refractivity contribution in [1.82, 2.24) is 10.3 Å². The van der Waals surface area contributed by atoms with Crippen molar-refractivity contribution in [2.75, 3.05) is 18.0 Å². The van der Waals surface area contributed by atoms with Crippen LogP contribution < -0.4 is 15.0 Å². The molecule has 2 amide bonds. The van der Waals surface area contributed by atoms with E-state index in [1.807, 2.05) is 31.2 Å². The molecule has 0 aliphatic carbocycles. The standard InChI is InChI=1S/C19H21N3O3/c1-2-11-20-17(23)10-6-13-22-15-8-3-4-9-16(15)25-18-14(19(22)24)7-5-12-21-18/h3-5,7-9,12H,2,6,10-11,13H2,1H3,(H,20,23). The highest BCUT2D eigenvalue weighted by Gasteiger charge is 2.28. The summed E-state index contributed by atoms with van der Waals surface area (Å²) in [6.07, 6.45) is 3.46. The predicted molar refractivity (Wildman–Crippen MR) is 95.0 cm³/mol. The minimum absolute atomic E-state index is 0.00993. The van der Waals surface area contributed by atoms with Crippen LogP contribution in [0.5, 0.6) is 11.6 Å². The number of carbonyl (C=O) groups excluding carboxylic acids is 2. The number of hydrogen-bond donors (Lipinski definition) is 1. The van der Waals surface area contributed by atoms with Crippen LogP contribution in [0.1, 0.15) is 36.5 Å². The molecule has 130 valence electrons. The Hall–Kier alpha value is -2.89. The van der Waals surface area contributed by atoms with Crippen LogP contribution in [-0.4, -0.2) is 29.9 Å². The van der Waals surface area contributed by atoms with E-state index in [-0.39, 0.29) is 11.8 Å². The third kappa shape index (κ3) is 3.79. The lowest BCUT2D eigenvalue weighted by Gasteiger charge is -2.21. The quantitative estimate of drug-likeness (QED) is 0.877. The van der Waals surface area contributed by atoms with Gasteiger partial charge in [0.05, 0.1) is 5.69 Å². The molecule has 6 nitrogen and oxygen atoms in total. The summed E-state index contributed by atoms with van der Waals surface area (Å²) in [6, 6.07) is 10.8. The van der Waals surface area contributed by atoms with E-state index in [1.165, 1.54) is 0 Å². The maximum Gasteiger partial charge on any atom is 0.263 e. The minimum Gasteiger partial charge on any atom is -0.436 e. The summed E-state index contributed by atoms with van der Waals surface area (Å²) in [4.78, 5) is 30.6. The first-order chi connectivity index (χ1) is 12.2. The SMILES string of the molecule is CCCNC(=O)CCCN1C(=O)c2cccnc2Oc2ccccc21. The topological polar surface area (TPSA) is 71.5 Å². The lowest BCUT2D eigenvalue weighted by molar-refractivity contribution is -0.121. The van der Waals surface area contributed by atoms with E-state index in [1.54, 1.807) is 23.2 Å². The number of benzene rings is 1. The molecule has 25 heavy (non-hydrogen) atoms. The molecule has 1 N–H and O–H groups in total. The summed E-state index contributed by atoms with van der Waals surface area (Å²) >= 11 is 0. The Kier molecular flexibility index (Phi) is 5.28. The van der Waals surface area contributed by atoms with Gasteiger partial charge in [-0.3, -0.25) is 9.59 Å². The van der Waals surface area contributed by atoms with Crippen molar-refractivity contribution < 1.29 is 14.3 Å². The number of nitrogens with one attached hydrogen (secondary N) is 1. The number of carbonyl (C=O) groups is 2. The first-order valence-corrected chi connectivity index (χ1v) is 8.51. The zero-order chi connectivity index (χ0) is 17.6. The Balaban J connectivity index is 1.79. The number of para-hydroxylation sites is 2. The smallest absolute Gasteiger partial charge is 0.263 e. The maximum absolute atomic E-state index is 13.0. The number of nitrogens with zero attached hydrogens (tertiary/aromatic N) is 2. The van der Waals surface area contributed by atoms with Gasteiger partial charge >= 0.3 is 0 Å². The number of ether oxygens (including phenoxy) is 1. The first-order valence-electron chi connectivity index (χ1n) is 8.51. The lowest BCUT2D eigenvalue weighted by atomic mass is 10.2. The maximum atomic E-state index is 13.0. The second-order valence-corrected chi connectivity index (χ2v) is 5.84. The van der Waals surface area contributed by atoms with Gasteiger partial charge in [0, 0.05) is 25.7 Å². The number of pyridine rings is 1. The van der Waals surface area contributed by atoms with Crippen LogP contribution in [-0.2, 0) is 4.79 Å². The van der Waals surface area contributed by atoms with Crippen LogP contribution in [0.25, 0.3) is 0 Å². The Bertz CT molecular complexity index is 776. The monoisotopic (exact) mass is 339 g/mol. The van der Waals surface area contributed by atoms with Gasteiger partial charge in [0.15, 0.2) is 5.75 Å². The number of aromatic nitrogens is 1. The predicted octanol–water partition coefficient (Wildman–Crippen LogP) is 3.14. The van der Waals surface area contributed by atoms with Gasteiger partial charge in [-0.2, -0.15) is 0 Å². The highest BCUT2D eigenvalue weighted by Crippen LogP contribution is 2.37. The third-order valence-electron chi connectivity index (χ3n) is 3.97. The number of rotatable bonds is 6. The van der Waals surface area contributed by atoms with Crippen molar-refractivity contribution in [3.63, 3.8) is 0 Å². The van der Waals surface area contributed by atoms with Crippen LogP contribution in [0.15, 0.2) is 42.6 Å². The number of hydrogen-bond acceptors (Lipinski definition) is 4. The summed E-state index contributed by atoms with van der Waals surface area (Å²) in [5.41, 5.74) is 1.12. The summed E-state index contributed by atoms with van der Waals surface area (Å²) in [6.45, 7) is 3.13. The van der Waals surface area contributed by atoms with E-state index in [9.17, 15) is 9.59 Å². The summed E-state index contributed by atoms with van der Waals surface area (Å²) in [5, 5.41) is 2.85. The number of amides is 2. The molecule has 0 radical (unpaired) electrons. The van der Waals surface area contributed by atoms with E-state index >= 15 is 0 Å². The van der Waals surface area contributed by atoms with Crippen LogP contribution in [0.3, 0.4) is 0 Å². The summed E-state index contributed by atoms with van der Waals surface area (Å²) in [5.74, 6) is 0.740. The van der Waals surface area contributed by atoms with Gasteiger partial charge in [-0.15, -0.1) is 0 Å². The van der Waals surface area contributed by atoms with E-state index in [4.69, 9.17) is 4.74 Å². The minimum atomic E-state index is -0.165. The molecule has 0 unspecified atom stereocenters. The average Bonchev–Trinajstić information content (AvgIpc) is 2.75. The van der Waals surface area contributed by atoms with Crippen molar-refractivity contribution in [2.24, 2.45) is 0 Å².